The highest BCUT2D eigenvalue weighted by Gasteiger charge is 2.30. The predicted molar refractivity (Wildman–Crippen MR) is 82.6 cm³/mol. The molecule has 1 aliphatic heterocycles. The maximum Gasteiger partial charge on any atom is 0.263 e. The van der Waals surface area contributed by atoms with Crippen molar-refractivity contribution in [3.63, 3.8) is 0 Å². The third kappa shape index (κ3) is 3.73. The number of nitrogens with two attached hydrogens (primary N) is 1. The summed E-state index contributed by atoms with van der Waals surface area (Å²) in [5.41, 5.74) is 5.93. The molecular weight excluding hydrogens is 320 g/mol. The molecule has 20 heavy (non-hydrogen) atoms. The zero-order chi connectivity index (χ0) is 14.7. The van der Waals surface area contributed by atoms with Crippen molar-refractivity contribution in [2.24, 2.45) is 5.73 Å². The smallest absolute Gasteiger partial charge is 0.263 e. The Balaban J connectivity index is 1.98. The first-order valence-corrected chi connectivity index (χ1v) is 7.75. The van der Waals surface area contributed by atoms with E-state index >= 15 is 0 Å². The molecule has 1 aromatic rings. The number of nitrogens with zero attached hydrogens (tertiary/aromatic N) is 1. The van der Waals surface area contributed by atoms with Gasteiger partial charge in [-0.3, -0.25) is 4.79 Å². The minimum atomic E-state index is -0.485. The van der Waals surface area contributed by atoms with Gasteiger partial charge in [-0.25, -0.2) is 0 Å². The van der Waals surface area contributed by atoms with Crippen LogP contribution in [0.15, 0.2) is 28.7 Å². The normalized spacial score (nSPS) is 24.3. The molecule has 0 radical (unpaired) electrons. The van der Waals surface area contributed by atoms with Crippen molar-refractivity contribution in [1.29, 1.82) is 0 Å². The lowest BCUT2D eigenvalue weighted by atomic mass is 9.98. The monoisotopic (exact) mass is 340 g/mol. The van der Waals surface area contributed by atoms with Crippen LogP contribution >= 0.6 is 15.9 Å². The van der Waals surface area contributed by atoms with Gasteiger partial charge in [-0.2, -0.15) is 0 Å². The van der Waals surface area contributed by atoms with Gasteiger partial charge in [0.05, 0.1) is 0 Å². The number of piperidine rings is 1. The van der Waals surface area contributed by atoms with E-state index in [9.17, 15) is 4.79 Å². The van der Waals surface area contributed by atoms with Gasteiger partial charge in [0.1, 0.15) is 5.75 Å². The van der Waals surface area contributed by atoms with E-state index in [1.165, 1.54) is 0 Å². The summed E-state index contributed by atoms with van der Waals surface area (Å²) in [5.74, 6) is 0.728. The van der Waals surface area contributed by atoms with Crippen LogP contribution in [0.5, 0.6) is 5.75 Å². The molecule has 110 valence electrons. The molecule has 1 aliphatic rings. The van der Waals surface area contributed by atoms with E-state index in [4.69, 9.17) is 10.5 Å². The minimum absolute atomic E-state index is 0.0318. The van der Waals surface area contributed by atoms with Crippen LogP contribution in [0, 0.1) is 0 Å². The highest BCUT2D eigenvalue weighted by molar-refractivity contribution is 9.10. The summed E-state index contributed by atoms with van der Waals surface area (Å²) in [6.45, 7) is 4.56. The van der Waals surface area contributed by atoms with Crippen LogP contribution in [-0.2, 0) is 4.79 Å². The number of hydrogen-bond donors (Lipinski definition) is 1. The summed E-state index contributed by atoms with van der Waals surface area (Å²) in [4.78, 5) is 14.3. The van der Waals surface area contributed by atoms with Gasteiger partial charge in [-0.05, 0) is 44.9 Å². The van der Waals surface area contributed by atoms with E-state index in [1.807, 2.05) is 36.1 Å². The Morgan fingerprint density at radius 3 is 2.95 bits per heavy atom. The number of halogens is 1. The first kappa shape index (κ1) is 15.3. The number of rotatable bonds is 3. The fourth-order valence-electron chi connectivity index (χ4n) is 2.56. The number of carbonyl (C=O) groups excluding carboxylic acids is 1. The summed E-state index contributed by atoms with van der Waals surface area (Å²) >= 11 is 3.39. The first-order chi connectivity index (χ1) is 9.47. The fourth-order valence-corrected chi connectivity index (χ4v) is 2.94. The average molecular weight is 341 g/mol. The molecule has 5 heteroatoms. The number of ether oxygens (including phenoxy) is 1. The second kappa shape index (κ2) is 6.59. The van der Waals surface area contributed by atoms with Crippen molar-refractivity contribution < 1.29 is 9.53 Å². The molecule has 1 fully saturated rings. The molecule has 0 aromatic heterocycles. The molecule has 0 saturated carbocycles. The van der Waals surface area contributed by atoms with E-state index in [-0.39, 0.29) is 18.0 Å². The third-order valence-electron chi connectivity index (χ3n) is 3.66. The van der Waals surface area contributed by atoms with Crippen molar-refractivity contribution in [1.82, 2.24) is 4.90 Å². The van der Waals surface area contributed by atoms with Gasteiger partial charge in [0.25, 0.3) is 5.91 Å². The van der Waals surface area contributed by atoms with Crippen LogP contribution in [-0.4, -0.2) is 35.5 Å². The Kier molecular flexibility index (Phi) is 5.05. The lowest BCUT2D eigenvalue weighted by Gasteiger charge is -2.37. The Labute approximate surface area is 128 Å². The van der Waals surface area contributed by atoms with Crippen molar-refractivity contribution in [2.75, 3.05) is 6.54 Å². The van der Waals surface area contributed by atoms with Crippen LogP contribution < -0.4 is 10.5 Å². The van der Waals surface area contributed by atoms with E-state index in [2.05, 4.69) is 15.9 Å². The third-order valence-corrected chi connectivity index (χ3v) is 4.15. The van der Waals surface area contributed by atoms with Gasteiger partial charge in [0.2, 0.25) is 0 Å². The number of likely N-dealkylation sites (tertiary alicyclic amines) is 1. The van der Waals surface area contributed by atoms with Crippen molar-refractivity contribution in [3.8, 4) is 5.75 Å². The molecule has 1 amide bonds. The lowest BCUT2D eigenvalue weighted by molar-refractivity contribution is -0.141. The van der Waals surface area contributed by atoms with Crippen molar-refractivity contribution in [2.45, 2.75) is 44.9 Å². The number of hydrogen-bond acceptors (Lipinski definition) is 3. The quantitative estimate of drug-likeness (QED) is 0.919. The van der Waals surface area contributed by atoms with Crippen LogP contribution in [0.25, 0.3) is 0 Å². The zero-order valence-corrected chi connectivity index (χ0v) is 13.5. The molecule has 1 heterocycles. The number of amides is 1. The molecular formula is C15H21BrN2O2. The zero-order valence-electron chi connectivity index (χ0n) is 11.9. The highest BCUT2D eigenvalue weighted by Crippen LogP contribution is 2.21. The van der Waals surface area contributed by atoms with E-state index in [0.717, 1.165) is 17.3 Å². The molecule has 0 bridgehead atoms. The van der Waals surface area contributed by atoms with Gasteiger partial charge in [0, 0.05) is 23.1 Å². The van der Waals surface area contributed by atoms with Gasteiger partial charge < -0.3 is 15.4 Å². The maximum absolute atomic E-state index is 12.5. The topological polar surface area (TPSA) is 55.6 Å². The molecule has 1 saturated heterocycles. The van der Waals surface area contributed by atoms with Crippen LogP contribution in [0.2, 0.25) is 0 Å². The summed E-state index contributed by atoms with van der Waals surface area (Å²) in [6.07, 6.45) is 1.23. The Bertz CT molecular complexity index is 481. The van der Waals surface area contributed by atoms with Crippen LogP contribution in [0.4, 0.5) is 0 Å². The lowest BCUT2D eigenvalue weighted by Crippen LogP contribution is -2.51. The number of carbonyl (C=O) groups is 1. The summed E-state index contributed by atoms with van der Waals surface area (Å²) in [7, 11) is 0. The van der Waals surface area contributed by atoms with Crippen LogP contribution in [0.1, 0.15) is 26.7 Å². The van der Waals surface area contributed by atoms with E-state index in [0.29, 0.717) is 12.3 Å². The fraction of sp³-hybridized carbons (Fsp3) is 0.533. The largest absolute Gasteiger partial charge is 0.481 e. The molecule has 2 rings (SSSR count). The summed E-state index contributed by atoms with van der Waals surface area (Å²) < 4.78 is 6.67. The molecule has 0 spiro atoms. The summed E-state index contributed by atoms with van der Waals surface area (Å²) in [6, 6.07) is 7.91. The summed E-state index contributed by atoms with van der Waals surface area (Å²) in [5, 5.41) is 0. The highest BCUT2D eigenvalue weighted by atomic mass is 79.9. The van der Waals surface area contributed by atoms with E-state index in [1.54, 1.807) is 6.92 Å². The van der Waals surface area contributed by atoms with Crippen molar-refractivity contribution in [3.05, 3.63) is 28.7 Å². The van der Waals surface area contributed by atoms with Gasteiger partial charge >= 0.3 is 0 Å². The maximum atomic E-state index is 12.5. The van der Waals surface area contributed by atoms with E-state index < -0.39 is 6.10 Å². The SMILES string of the molecule is C[C@H](Oc1cccc(Br)c1)C(=O)N1CC[C@H](N)C[C@H]1C. The molecule has 0 unspecified atom stereocenters. The van der Waals surface area contributed by atoms with Crippen molar-refractivity contribution >= 4 is 21.8 Å². The number of benzene rings is 1. The standard InChI is InChI=1S/C15H21BrN2O2/c1-10-8-13(17)6-7-18(10)15(19)11(2)20-14-5-3-4-12(16)9-14/h3-5,9-11,13H,6-8,17H2,1-2H3/t10-,11+,13+/m1/s1. The molecule has 2 N–H and O–H groups in total. The second-order valence-corrected chi connectivity index (χ2v) is 6.30. The minimum Gasteiger partial charge on any atom is -0.481 e. The average Bonchev–Trinajstić information content (AvgIpc) is 2.38. The van der Waals surface area contributed by atoms with Crippen LogP contribution in [0.3, 0.4) is 0 Å². The molecule has 0 aliphatic carbocycles. The first-order valence-electron chi connectivity index (χ1n) is 6.95. The van der Waals surface area contributed by atoms with Gasteiger partial charge in [0.15, 0.2) is 6.10 Å². The molecule has 3 atom stereocenters. The Morgan fingerprint density at radius 2 is 2.30 bits per heavy atom. The van der Waals surface area contributed by atoms with Gasteiger partial charge in [-0.1, -0.05) is 22.0 Å². The Hall–Kier alpha value is -1.07. The van der Waals surface area contributed by atoms with Gasteiger partial charge in [-0.15, -0.1) is 0 Å². The molecule has 1 aromatic carbocycles. The predicted octanol–water partition coefficient (Wildman–Crippen LogP) is 2.55. The Morgan fingerprint density at radius 1 is 1.55 bits per heavy atom. The molecule has 4 nitrogen and oxygen atoms in total. The second-order valence-electron chi connectivity index (χ2n) is 5.38.